The van der Waals surface area contributed by atoms with Gasteiger partial charge < -0.3 is 20.4 Å². The van der Waals surface area contributed by atoms with Crippen LogP contribution in [0.15, 0.2) is 24.5 Å². The van der Waals surface area contributed by atoms with Gasteiger partial charge in [0.05, 0.1) is 13.0 Å². The van der Waals surface area contributed by atoms with Crippen molar-refractivity contribution in [1.82, 2.24) is 15.2 Å². The van der Waals surface area contributed by atoms with Crippen molar-refractivity contribution in [2.24, 2.45) is 0 Å². The lowest BCUT2D eigenvalue weighted by atomic mass is 10.1. The number of aromatic nitrogens is 1. The number of carbonyl (C=O) groups excluding carboxylic acids is 2. The molecule has 8 heteroatoms. The fourth-order valence-electron chi connectivity index (χ4n) is 2.25. The number of nitrogens with zero attached hydrogens (tertiary/aromatic N) is 2. The molecular formula is C18H29N3O5. The molecule has 1 rings (SSSR count). The molecular weight excluding hydrogens is 338 g/mol. The highest BCUT2D eigenvalue weighted by atomic mass is 16.4. The van der Waals surface area contributed by atoms with Gasteiger partial charge in [0.1, 0.15) is 0 Å². The number of hydrogen-bond acceptors (Lipinski definition) is 5. The summed E-state index contributed by atoms with van der Waals surface area (Å²) in [7, 11) is 1.00. The van der Waals surface area contributed by atoms with E-state index in [2.05, 4.69) is 10.3 Å². The maximum atomic E-state index is 12.3. The molecule has 1 aromatic heterocycles. The average molecular weight is 367 g/mol. The van der Waals surface area contributed by atoms with E-state index < -0.39 is 5.97 Å². The first-order chi connectivity index (χ1) is 12.5. The Balaban J connectivity index is 0.00000301. The van der Waals surface area contributed by atoms with Gasteiger partial charge in [-0.2, -0.15) is 0 Å². The van der Waals surface area contributed by atoms with Gasteiger partial charge in [-0.25, -0.2) is 0 Å². The largest absolute Gasteiger partial charge is 0.481 e. The molecule has 0 bridgehead atoms. The molecule has 0 unspecified atom stereocenters. The highest BCUT2D eigenvalue weighted by Gasteiger charge is 2.16. The van der Waals surface area contributed by atoms with Crippen molar-refractivity contribution in [3.05, 3.63) is 30.1 Å². The molecule has 1 aromatic rings. The van der Waals surface area contributed by atoms with Crippen LogP contribution < -0.4 is 5.32 Å². The predicted octanol–water partition coefficient (Wildman–Crippen LogP) is 0.842. The lowest BCUT2D eigenvalue weighted by Gasteiger charge is -2.21. The standard InChI is InChI=1S/C17H25N3O4.CH4O/c1-2-12-20(13-15(21)19-11-8-17(23)24)16(22)5-3-4-14-6-9-18-10-7-14;1-2/h6-7,9-10H,2-5,8,11-13H2,1H3,(H,19,21)(H,23,24);2H,1H3. The monoisotopic (exact) mass is 367 g/mol. The normalized spacial score (nSPS) is 9.65. The lowest BCUT2D eigenvalue weighted by Crippen LogP contribution is -2.41. The van der Waals surface area contributed by atoms with Gasteiger partial charge in [-0.05, 0) is 37.0 Å². The molecule has 146 valence electrons. The van der Waals surface area contributed by atoms with Crippen molar-refractivity contribution in [3.8, 4) is 0 Å². The lowest BCUT2D eigenvalue weighted by molar-refractivity contribution is -0.138. The number of hydrogen-bond donors (Lipinski definition) is 3. The van der Waals surface area contributed by atoms with E-state index in [-0.39, 0.29) is 31.3 Å². The molecule has 0 fully saturated rings. The first kappa shape index (κ1) is 23.5. The van der Waals surface area contributed by atoms with E-state index in [1.54, 1.807) is 12.4 Å². The fraction of sp³-hybridized carbons (Fsp3) is 0.556. The zero-order valence-electron chi connectivity index (χ0n) is 15.5. The third-order valence-electron chi connectivity index (χ3n) is 3.45. The Hall–Kier alpha value is -2.48. The number of nitrogens with one attached hydrogen (secondary N) is 1. The summed E-state index contributed by atoms with van der Waals surface area (Å²) in [6.07, 6.45) is 5.97. The number of aryl methyl sites for hydroxylation is 1. The summed E-state index contributed by atoms with van der Waals surface area (Å²) in [6.45, 7) is 2.51. The molecule has 0 aliphatic rings. The number of amides is 2. The minimum Gasteiger partial charge on any atom is -0.481 e. The Kier molecular flexibility index (Phi) is 13.4. The van der Waals surface area contributed by atoms with E-state index in [0.717, 1.165) is 25.5 Å². The zero-order valence-corrected chi connectivity index (χ0v) is 15.5. The number of carboxylic acids is 1. The second kappa shape index (κ2) is 14.8. The molecule has 8 nitrogen and oxygen atoms in total. The summed E-state index contributed by atoms with van der Waals surface area (Å²) in [5.41, 5.74) is 1.13. The molecule has 0 aromatic carbocycles. The van der Waals surface area contributed by atoms with Crippen LogP contribution in [0.25, 0.3) is 0 Å². The topological polar surface area (TPSA) is 120 Å². The SMILES string of the molecule is CCCN(CC(=O)NCCC(=O)O)C(=O)CCCc1ccncc1.CO. The van der Waals surface area contributed by atoms with Crippen LogP contribution in [0.5, 0.6) is 0 Å². The Bertz CT molecular complexity index is 537. The van der Waals surface area contributed by atoms with Crippen molar-refractivity contribution >= 4 is 17.8 Å². The molecule has 0 atom stereocenters. The number of aliphatic hydroxyl groups excluding tert-OH is 1. The van der Waals surface area contributed by atoms with Gasteiger partial charge in [-0.3, -0.25) is 19.4 Å². The zero-order chi connectivity index (χ0) is 19.8. The van der Waals surface area contributed by atoms with Crippen molar-refractivity contribution in [1.29, 1.82) is 0 Å². The summed E-state index contributed by atoms with van der Waals surface area (Å²) in [4.78, 5) is 40.0. The Morgan fingerprint density at radius 3 is 2.38 bits per heavy atom. The third kappa shape index (κ3) is 11.1. The maximum absolute atomic E-state index is 12.3. The van der Waals surface area contributed by atoms with Gasteiger partial charge in [0.15, 0.2) is 0 Å². The number of aliphatic carboxylic acids is 1. The van der Waals surface area contributed by atoms with Gasteiger partial charge in [-0.1, -0.05) is 6.92 Å². The van der Waals surface area contributed by atoms with Gasteiger partial charge in [0.25, 0.3) is 0 Å². The second-order valence-electron chi connectivity index (χ2n) is 5.52. The maximum Gasteiger partial charge on any atom is 0.305 e. The quantitative estimate of drug-likeness (QED) is 0.533. The fourth-order valence-corrected chi connectivity index (χ4v) is 2.25. The third-order valence-corrected chi connectivity index (χ3v) is 3.45. The Labute approximate surface area is 154 Å². The molecule has 0 saturated carbocycles. The van der Waals surface area contributed by atoms with E-state index in [9.17, 15) is 14.4 Å². The van der Waals surface area contributed by atoms with Crippen LogP contribution in [0.3, 0.4) is 0 Å². The number of carboxylic acid groups (broad SMARTS) is 1. The predicted molar refractivity (Wildman–Crippen MR) is 97.5 cm³/mol. The van der Waals surface area contributed by atoms with Crippen molar-refractivity contribution in [2.45, 2.75) is 39.0 Å². The number of pyridine rings is 1. The van der Waals surface area contributed by atoms with Gasteiger partial charge in [-0.15, -0.1) is 0 Å². The van der Waals surface area contributed by atoms with Crippen LogP contribution in [0.2, 0.25) is 0 Å². The first-order valence-corrected chi connectivity index (χ1v) is 8.62. The highest BCUT2D eigenvalue weighted by Crippen LogP contribution is 2.06. The van der Waals surface area contributed by atoms with Crippen LogP contribution in [0.1, 0.15) is 38.2 Å². The summed E-state index contributed by atoms with van der Waals surface area (Å²) in [5.74, 6) is -1.35. The molecule has 0 saturated heterocycles. The summed E-state index contributed by atoms with van der Waals surface area (Å²) in [5, 5.41) is 18.1. The number of rotatable bonds is 11. The van der Waals surface area contributed by atoms with Gasteiger partial charge in [0, 0.05) is 39.0 Å². The molecule has 0 spiro atoms. The molecule has 26 heavy (non-hydrogen) atoms. The smallest absolute Gasteiger partial charge is 0.305 e. The minimum atomic E-state index is -0.965. The van der Waals surface area contributed by atoms with Crippen LogP contribution in [-0.4, -0.2) is 64.6 Å². The highest BCUT2D eigenvalue weighted by molar-refractivity contribution is 5.85. The van der Waals surface area contributed by atoms with Gasteiger partial charge >= 0.3 is 5.97 Å². The molecule has 0 aliphatic carbocycles. The van der Waals surface area contributed by atoms with Crippen LogP contribution >= 0.6 is 0 Å². The van der Waals surface area contributed by atoms with Crippen LogP contribution in [0.4, 0.5) is 0 Å². The number of aliphatic hydroxyl groups is 1. The van der Waals surface area contributed by atoms with E-state index in [4.69, 9.17) is 10.2 Å². The average Bonchev–Trinajstić information content (AvgIpc) is 2.63. The molecule has 3 N–H and O–H groups in total. The summed E-state index contributed by atoms with van der Waals surface area (Å²) < 4.78 is 0. The first-order valence-electron chi connectivity index (χ1n) is 8.62. The summed E-state index contributed by atoms with van der Waals surface area (Å²) >= 11 is 0. The molecule has 0 aliphatic heterocycles. The van der Waals surface area contributed by atoms with Crippen molar-refractivity contribution < 1.29 is 24.6 Å². The molecule has 2 amide bonds. The van der Waals surface area contributed by atoms with E-state index in [1.807, 2.05) is 19.1 Å². The number of carbonyl (C=O) groups is 3. The van der Waals surface area contributed by atoms with E-state index >= 15 is 0 Å². The van der Waals surface area contributed by atoms with Crippen LogP contribution in [-0.2, 0) is 20.8 Å². The minimum absolute atomic E-state index is 0.0262. The van der Waals surface area contributed by atoms with Gasteiger partial charge in [0.2, 0.25) is 11.8 Å². The molecule has 0 radical (unpaired) electrons. The van der Waals surface area contributed by atoms with Crippen molar-refractivity contribution in [3.63, 3.8) is 0 Å². The van der Waals surface area contributed by atoms with Crippen LogP contribution in [0, 0.1) is 0 Å². The summed E-state index contributed by atoms with van der Waals surface area (Å²) in [6, 6.07) is 3.84. The van der Waals surface area contributed by atoms with E-state index in [1.165, 1.54) is 4.90 Å². The van der Waals surface area contributed by atoms with Crippen molar-refractivity contribution in [2.75, 3.05) is 26.7 Å². The molecule has 1 heterocycles. The Morgan fingerprint density at radius 1 is 1.15 bits per heavy atom. The van der Waals surface area contributed by atoms with E-state index in [0.29, 0.717) is 19.4 Å². The second-order valence-corrected chi connectivity index (χ2v) is 5.52. The Morgan fingerprint density at radius 2 is 1.81 bits per heavy atom.